The van der Waals surface area contributed by atoms with Crippen LogP contribution in [0, 0.1) is 0 Å². The van der Waals surface area contributed by atoms with Crippen molar-refractivity contribution in [1.29, 1.82) is 0 Å². The highest BCUT2D eigenvalue weighted by Crippen LogP contribution is 2.15. The average molecular weight is 293 g/mol. The largest absolute Gasteiger partial charge is 0.497 e. The number of ether oxygens (including phenoxy) is 1. The van der Waals surface area contributed by atoms with Crippen LogP contribution in [-0.4, -0.2) is 29.6 Å². The lowest BCUT2D eigenvalue weighted by Crippen LogP contribution is -2.52. The topological polar surface area (TPSA) is 75.6 Å². The van der Waals surface area contributed by atoms with Crippen molar-refractivity contribution < 1.29 is 19.4 Å². The number of benzene rings is 1. The molecule has 0 fully saturated rings. The number of methoxy groups -OCH3 is 1. The molecule has 116 valence electrons. The molecular formula is C16H23NO4. The molecule has 0 saturated carbocycles. The summed E-state index contributed by atoms with van der Waals surface area (Å²) in [6.45, 7) is 3.44. The van der Waals surface area contributed by atoms with Crippen molar-refractivity contribution in [3.8, 4) is 5.75 Å². The number of hydrogen-bond acceptors (Lipinski definition) is 3. The van der Waals surface area contributed by atoms with Gasteiger partial charge in [0.1, 0.15) is 11.3 Å². The lowest BCUT2D eigenvalue weighted by Gasteiger charge is -2.25. The van der Waals surface area contributed by atoms with Crippen molar-refractivity contribution in [3.63, 3.8) is 0 Å². The third-order valence-electron chi connectivity index (χ3n) is 3.41. The lowest BCUT2D eigenvalue weighted by molar-refractivity contribution is -0.147. The van der Waals surface area contributed by atoms with Gasteiger partial charge in [-0.15, -0.1) is 0 Å². The van der Waals surface area contributed by atoms with Crippen LogP contribution < -0.4 is 10.1 Å². The fraction of sp³-hybridized carbons (Fsp3) is 0.500. The molecule has 2 N–H and O–H groups in total. The number of amides is 1. The van der Waals surface area contributed by atoms with Crippen LogP contribution in [0.25, 0.3) is 0 Å². The van der Waals surface area contributed by atoms with E-state index in [0.29, 0.717) is 19.3 Å². The van der Waals surface area contributed by atoms with E-state index in [4.69, 9.17) is 4.74 Å². The monoisotopic (exact) mass is 293 g/mol. The first-order valence-electron chi connectivity index (χ1n) is 7.08. The minimum absolute atomic E-state index is 0.250. The molecule has 1 atom stereocenters. The highest BCUT2D eigenvalue weighted by molar-refractivity contribution is 5.86. The molecule has 1 aromatic rings. The minimum atomic E-state index is -1.19. The first kappa shape index (κ1) is 17.0. The molecule has 0 radical (unpaired) electrons. The maximum atomic E-state index is 12.0. The third kappa shape index (κ3) is 5.10. The van der Waals surface area contributed by atoms with Gasteiger partial charge in [-0.25, -0.2) is 4.79 Å². The van der Waals surface area contributed by atoms with Gasteiger partial charge in [-0.3, -0.25) is 4.79 Å². The Balaban J connectivity index is 2.58. The first-order valence-corrected chi connectivity index (χ1v) is 7.08. The number of carbonyl (C=O) groups excluding carboxylic acids is 1. The van der Waals surface area contributed by atoms with E-state index in [1.54, 1.807) is 14.0 Å². The first-order chi connectivity index (χ1) is 9.91. The molecular weight excluding hydrogens is 270 g/mol. The predicted molar refractivity (Wildman–Crippen MR) is 80.4 cm³/mol. The quantitative estimate of drug-likeness (QED) is 0.771. The van der Waals surface area contributed by atoms with E-state index < -0.39 is 11.5 Å². The Morgan fingerprint density at radius 2 is 2.10 bits per heavy atom. The molecule has 5 heteroatoms. The van der Waals surface area contributed by atoms with Gasteiger partial charge in [-0.05, 0) is 37.5 Å². The molecule has 1 rings (SSSR count). The SMILES string of the molecule is CCCC(C)(NC(=O)CCc1cccc(OC)c1)C(=O)O. The molecule has 0 heterocycles. The fourth-order valence-electron chi connectivity index (χ4n) is 2.18. The summed E-state index contributed by atoms with van der Waals surface area (Å²) in [7, 11) is 1.59. The molecule has 0 aliphatic carbocycles. The summed E-state index contributed by atoms with van der Waals surface area (Å²) >= 11 is 0. The van der Waals surface area contributed by atoms with Gasteiger partial charge in [0.2, 0.25) is 5.91 Å². The van der Waals surface area contributed by atoms with Gasteiger partial charge in [-0.1, -0.05) is 25.5 Å². The number of hydrogen-bond donors (Lipinski definition) is 2. The molecule has 1 aromatic carbocycles. The van der Waals surface area contributed by atoms with E-state index in [1.807, 2.05) is 31.2 Å². The van der Waals surface area contributed by atoms with Crippen molar-refractivity contribution in [3.05, 3.63) is 29.8 Å². The van der Waals surface area contributed by atoms with Crippen molar-refractivity contribution in [1.82, 2.24) is 5.32 Å². The van der Waals surface area contributed by atoms with Crippen LogP contribution >= 0.6 is 0 Å². The zero-order chi connectivity index (χ0) is 15.9. The highest BCUT2D eigenvalue weighted by Gasteiger charge is 2.33. The Morgan fingerprint density at radius 3 is 2.67 bits per heavy atom. The Hall–Kier alpha value is -2.04. The summed E-state index contributed by atoms with van der Waals surface area (Å²) in [5.74, 6) is -0.510. The zero-order valence-corrected chi connectivity index (χ0v) is 12.8. The van der Waals surface area contributed by atoms with E-state index in [9.17, 15) is 14.7 Å². The summed E-state index contributed by atoms with van der Waals surface area (Å²) < 4.78 is 5.13. The number of carboxylic acids is 1. The predicted octanol–water partition coefficient (Wildman–Crippen LogP) is 2.39. The summed E-state index contributed by atoms with van der Waals surface area (Å²) in [6.07, 6.45) is 1.90. The maximum Gasteiger partial charge on any atom is 0.329 e. The van der Waals surface area contributed by atoms with Gasteiger partial charge in [-0.2, -0.15) is 0 Å². The smallest absolute Gasteiger partial charge is 0.329 e. The molecule has 1 unspecified atom stereocenters. The second-order valence-corrected chi connectivity index (χ2v) is 5.29. The van der Waals surface area contributed by atoms with E-state index in [1.165, 1.54) is 0 Å². The summed E-state index contributed by atoms with van der Waals surface area (Å²) in [5.41, 5.74) is -0.211. The van der Waals surface area contributed by atoms with Crippen molar-refractivity contribution in [2.24, 2.45) is 0 Å². The Labute approximate surface area is 125 Å². The molecule has 5 nitrogen and oxygen atoms in total. The standard InChI is InChI=1S/C16H23NO4/c1-4-10-16(2,15(19)20)17-14(18)9-8-12-6-5-7-13(11-12)21-3/h5-7,11H,4,8-10H2,1-3H3,(H,17,18)(H,19,20). The second kappa shape index (κ2) is 7.67. The molecule has 0 bridgehead atoms. The maximum absolute atomic E-state index is 12.0. The third-order valence-corrected chi connectivity index (χ3v) is 3.41. The van der Waals surface area contributed by atoms with Gasteiger partial charge in [0, 0.05) is 6.42 Å². The van der Waals surface area contributed by atoms with Gasteiger partial charge in [0.25, 0.3) is 0 Å². The molecule has 0 aromatic heterocycles. The zero-order valence-electron chi connectivity index (χ0n) is 12.8. The van der Waals surface area contributed by atoms with Crippen LogP contribution in [0.1, 0.15) is 38.7 Å². The van der Waals surface area contributed by atoms with E-state index in [0.717, 1.165) is 11.3 Å². The summed E-state index contributed by atoms with van der Waals surface area (Å²) in [6, 6.07) is 7.49. The van der Waals surface area contributed by atoms with E-state index in [-0.39, 0.29) is 12.3 Å². The molecule has 0 aliphatic heterocycles. The van der Waals surface area contributed by atoms with Crippen LogP contribution in [0.2, 0.25) is 0 Å². The van der Waals surface area contributed by atoms with Crippen LogP contribution in [0.15, 0.2) is 24.3 Å². The molecule has 1 amide bonds. The van der Waals surface area contributed by atoms with E-state index in [2.05, 4.69) is 5.32 Å². The van der Waals surface area contributed by atoms with Crippen molar-refractivity contribution in [2.45, 2.75) is 45.1 Å². The number of carboxylic acid groups (broad SMARTS) is 1. The second-order valence-electron chi connectivity index (χ2n) is 5.29. The Kier molecular flexibility index (Phi) is 6.21. The summed E-state index contributed by atoms with van der Waals surface area (Å²) in [5, 5.41) is 11.9. The van der Waals surface area contributed by atoms with Gasteiger partial charge >= 0.3 is 5.97 Å². The Bertz CT molecular complexity index is 501. The number of rotatable bonds is 8. The van der Waals surface area contributed by atoms with Crippen LogP contribution in [0.3, 0.4) is 0 Å². The van der Waals surface area contributed by atoms with Crippen LogP contribution in [0.5, 0.6) is 5.75 Å². The summed E-state index contributed by atoms with van der Waals surface area (Å²) in [4.78, 5) is 23.2. The average Bonchev–Trinajstić information content (AvgIpc) is 2.45. The van der Waals surface area contributed by atoms with E-state index >= 15 is 0 Å². The van der Waals surface area contributed by atoms with Gasteiger partial charge in [0.05, 0.1) is 7.11 Å². The van der Waals surface area contributed by atoms with Gasteiger partial charge in [0.15, 0.2) is 0 Å². The highest BCUT2D eigenvalue weighted by atomic mass is 16.5. The minimum Gasteiger partial charge on any atom is -0.497 e. The number of aliphatic carboxylic acids is 1. The fourth-order valence-corrected chi connectivity index (χ4v) is 2.18. The van der Waals surface area contributed by atoms with Crippen molar-refractivity contribution in [2.75, 3.05) is 7.11 Å². The number of carbonyl (C=O) groups is 2. The molecule has 21 heavy (non-hydrogen) atoms. The van der Waals surface area contributed by atoms with Crippen LogP contribution in [-0.2, 0) is 16.0 Å². The normalized spacial score (nSPS) is 13.3. The van der Waals surface area contributed by atoms with Crippen molar-refractivity contribution >= 4 is 11.9 Å². The Morgan fingerprint density at radius 1 is 1.38 bits per heavy atom. The van der Waals surface area contributed by atoms with Gasteiger partial charge < -0.3 is 15.2 Å². The molecule has 0 saturated heterocycles. The lowest BCUT2D eigenvalue weighted by atomic mass is 9.96. The number of nitrogens with one attached hydrogen (secondary N) is 1. The van der Waals surface area contributed by atoms with Crippen LogP contribution in [0.4, 0.5) is 0 Å². The number of aryl methyl sites for hydroxylation is 1. The molecule has 0 spiro atoms. The molecule has 0 aliphatic rings.